The molecular formula is C34H37O18P. The average Bonchev–Trinajstić information content (AvgIpc) is 3.10. The fourth-order valence-corrected chi connectivity index (χ4v) is 5.83. The molecule has 2 aromatic rings. The van der Waals surface area contributed by atoms with Crippen molar-refractivity contribution >= 4 is 44.1 Å². The Kier molecular flexibility index (Phi) is 14.9. The minimum absolute atomic E-state index is 0.105. The first-order valence-corrected chi connectivity index (χ1v) is 17.2. The summed E-state index contributed by atoms with van der Waals surface area (Å²) in [5, 5.41) is 0. The van der Waals surface area contributed by atoms with Crippen molar-refractivity contribution in [3.05, 3.63) is 71.8 Å². The van der Waals surface area contributed by atoms with Gasteiger partial charge in [0.2, 0.25) is 6.29 Å². The molecular weight excluding hydrogens is 727 g/mol. The number of esters is 6. The monoisotopic (exact) mass is 764 g/mol. The predicted molar refractivity (Wildman–Crippen MR) is 171 cm³/mol. The summed E-state index contributed by atoms with van der Waals surface area (Å²) < 4.78 is 67.5. The first-order valence-electron chi connectivity index (χ1n) is 16.1. The molecule has 53 heavy (non-hydrogen) atoms. The molecule has 18 nitrogen and oxygen atoms in total. The number of ether oxygens (including phenoxy) is 9. The van der Waals surface area contributed by atoms with Crippen molar-refractivity contribution in [1.82, 2.24) is 0 Å². The Bertz CT molecular complexity index is 1620. The third kappa shape index (κ3) is 12.1. The van der Waals surface area contributed by atoms with E-state index < -0.39 is 119 Å². The van der Waals surface area contributed by atoms with Crippen LogP contribution in [0.2, 0.25) is 0 Å². The number of carbonyl (C=O) groups excluding carboxylic acids is 6. The zero-order valence-electron chi connectivity index (χ0n) is 28.9. The molecule has 2 aromatic carbocycles. The lowest BCUT2D eigenvalue weighted by atomic mass is 9.97. The van der Waals surface area contributed by atoms with E-state index in [1.165, 1.54) is 24.3 Å². The van der Waals surface area contributed by atoms with Gasteiger partial charge in [-0.25, -0.2) is 9.59 Å². The topological polar surface area (TPSA) is 235 Å². The molecule has 2 fully saturated rings. The molecule has 0 bridgehead atoms. The van der Waals surface area contributed by atoms with E-state index in [-0.39, 0.29) is 11.1 Å². The van der Waals surface area contributed by atoms with E-state index in [1.807, 2.05) is 0 Å². The fourth-order valence-electron chi connectivity index (χ4n) is 5.48. The van der Waals surface area contributed by atoms with Gasteiger partial charge in [0.25, 0.3) is 0 Å². The molecule has 0 aromatic heterocycles. The number of hydrogen-bond donors (Lipinski definition) is 0. The molecule has 0 N–H and O–H groups in total. The van der Waals surface area contributed by atoms with Gasteiger partial charge in [0.05, 0.1) is 17.2 Å². The van der Waals surface area contributed by atoms with Crippen LogP contribution in [-0.2, 0) is 70.9 Å². The van der Waals surface area contributed by atoms with Gasteiger partial charge in [-0.05, 0) is 28.8 Å². The minimum atomic E-state index is -3.58. The summed E-state index contributed by atoms with van der Waals surface area (Å²) in [7, 11) is -3.58. The summed E-state index contributed by atoms with van der Waals surface area (Å²) in [6.45, 7) is 3.10. The van der Waals surface area contributed by atoms with Crippen molar-refractivity contribution in [3.63, 3.8) is 0 Å². The number of rotatable bonds is 14. The van der Waals surface area contributed by atoms with Gasteiger partial charge in [-0.3, -0.25) is 19.2 Å². The summed E-state index contributed by atoms with van der Waals surface area (Å²) in [5.41, 5.74) is 0.277. The van der Waals surface area contributed by atoms with Crippen molar-refractivity contribution in [2.24, 2.45) is 0 Å². The van der Waals surface area contributed by atoms with Crippen LogP contribution in [0.25, 0.3) is 0 Å². The maximum Gasteiger partial charge on any atom is 0.491 e. The zero-order chi connectivity index (χ0) is 38.7. The molecule has 0 radical (unpaired) electrons. The molecule has 286 valence electrons. The molecule has 10 atom stereocenters. The minimum Gasteiger partial charge on any atom is -0.566 e. The molecule has 2 heterocycles. The highest BCUT2D eigenvalue weighted by Crippen LogP contribution is 2.35. The largest absolute Gasteiger partial charge is 0.566 e. The molecule has 0 saturated carbocycles. The summed E-state index contributed by atoms with van der Waals surface area (Å²) >= 11 is 0. The smallest absolute Gasteiger partial charge is 0.491 e. The van der Waals surface area contributed by atoms with E-state index in [9.17, 15) is 38.2 Å². The van der Waals surface area contributed by atoms with Crippen molar-refractivity contribution in [2.75, 3.05) is 13.2 Å². The van der Waals surface area contributed by atoms with Gasteiger partial charge in [0.1, 0.15) is 25.4 Å². The third-order valence-electron chi connectivity index (χ3n) is 7.59. The van der Waals surface area contributed by atoms with Crippen LogP contribution in [0.15, 0.2) is 60.7 Å². The fraction of sp³-hybridized carbons (Fsp3) is 0.471. The highest BCUT2D eigenvalue weighted by molar-refractivity contribution is 7.30. The Balaban J connectivity index is 1.72. The molecule has 2 aliphatic rings. The molecule has 0 spiro atoms. The van der Waals surface area contributed by atoms with E-state index in [1.54, 1.807) is 36.4 Å². The molecule has 4 rings (SSSR count). The quantitative estimate of drug-likeness (QED) is 0.151. The lowest BCUT2D eigenvalue weighted by Gasteiger charge is -2.46. The first-order chi connectivity index (χ1) is 25.2. The summed E-state index contributed by atoms with van der Waals surface area (Å²) in [5.74, 6) is -5.05. The van der Waals surface area contributed by atoms with Crippen LogP contribution < -0.4 is 4.89 Å². The van der Waals surface area contributed by atoms with E-state index in [0.717, 1.165) is 27.7 Å². The van der Waals surface area contributed by atoms with Crippen LogP contribution in [-0.4, -0.2) is 104 Å². The Morgan fingerprint density at radius 2 is 1.13 bits per heavy atom. The highest BCUT2D eigenvalue weighted by Gasteiger charge is 2.55. The van der Waals surface area contributed by atoms with Crippen LogP contribution >= 0.6 is 8.25 Å². The number of benzene rings is 2. The maximum atomic E-state index is 13.1. The summed E-state index contributed by atoms with van der Waals surface area (Å²) in [6.07, 6.45) is -14.2. The average molecular weight is 765 g/mol. The standard InChI is InChI=1S/C34H37O18P/c1-18(35)43-17-27-28(45-19(2)36)29(46-20(3)37)30(47-21(4)38)34(51-27)49-24-15-25(48-32(40)23-13-9-6-10-14-23)33(52-53(41)42)50-26(24)16-44-31(39)22-11-7-5-8-12-22/h5-14,24-30,33-34H,15-17H2,1-4H3/t24-,25-,26+,27+,28-,29-,30+,33?,34+/m0/s1. The second kappa shape index (κ2) is 19.3. The van der Waals surface area contributed by atoms with Crippen molar-refractivity contribution in [2.45, 2.75) is 89.4 Å². The van der Waals surface area contributed by atoms with E-state index in [4.69, 9.17) is 47.2 Å². The molecule has 2 unspecified atom stereocenters. The molecule has 0 amide bonds. The Morgan fingerprint density at radius 1 is 0.623 bits per heavy atom. The van der Waals surface area contributed by atoms with Gasteiger partial charge in [-0.2, -0.15) is 0 Å². The predicted octanol–water partition coefficient (Wildman–Crippen LogP) is 1.69. The van der Waals surface area contributed by atoms with Crippen molar-refractivity contribution in [3.8, 4) is 0 Å². The third-order valence-corrected chi connectivity index (χ3v) is 7.97. The summed E-state index contributed by atoms with van der Waals surface area (Å²) in [4.78, 5) is 86.3. The molecule has 2 saturated heterocycles. The van der Waals surface area contributed by atoms with Crippen LogP contribution in [0.4, 0.5) is 0 Å². The van der Waals surface area contributed by atoms with E-state index in [2.05, 4.69) is 0 Å². The van der Waals surface area contributed by atoms with Crippen molar-refractivity contribution in [1.29, 1.82) is 0 Å². The lowest BCUT2D eigenvalue weighted by molar-refractivity contribution is -0.340. The summed E-state index contributed by atoms with van der Waals surface area (Å²) in [6, 6.07) is 15.6. The van der Waals surface area contributed by atoms with Crippen LogP contribution in [0.1, 0.15) is 54.8 Å². The van der Waals surface area contributed by atoms with Gasteiger partial charge < -0.3 is 47.5 Å². The van der Waals surface area contributed by atoms with E-state index in [0.29, 0.717) is 0 Å². The first kappa shape index (κ1) is 40.9. The SMILES string of the molecule is CC(=O)OC[C@H]1O[C@@H](O[C@H]2C[C@H](OC(=O)c3ccccc3)C(O[P+](=O)[O-])O[C@@H]2COC(=O)c2ccccc2)[C@H](OC(C)=O)[C@@H](OC(C)=O)[C@H]1OC(C)=O. The van der Waals surface area contributed by atoms with Crippen molar-refractivity contribution < 1.29 is 85.4 Å². The van der Waals surface area contributed by atoms with Crippen LogP contribution in [0.5, 0.6) is 0 Å². The van der Waals surface area contributed by atoms with Gasteiger partial charge in [0, 0.05) is 34.1 Å². The molecule has 2 aliphatic heterocycles. The van der Waals surface area contributed by atoms with Crippen LogP contribution in [0.3, 0.4) is 0 Å². The second-order valence-electron chi connectivity index (χ2n) is 11.6. The molecule has 19 heteroatoms. The second-order valence-corrected chi connectivity index (χ2v) is 12.3. The van der Waals surface area contributed by atoms with Crippen LogP contribution in [0, 0.1) is 0 Å². The number of carbonyl (C=O) groups is 6. The zero-order valence-corrected chi connectivity index (χ0v) is 29.8. The van der Waals surface area contributed by atoms with Gasteiger partial charge in [0.15, 0.2) is 30.7 Å². The van der Waals surface area contributed by atoms with E-state index >= 15 is 0 Å². The van der Waals surface area contributed by atoms with Gasteiger partial charge in [-0.15, -0.1) is 4.52 Å². The molecule has 0 aliphatic carbocycles. The highest BCUT2D eigenvalue weighted by atomic mass is 31.1. The van der Waals surface area contributed by atoms with Gasteiger partial charge in [-0.1, -0.05) is 36.4 Å². The van der Waals surface area contributed by atoms with Gasteiger partial charge >= 0.3 is 44.1 Å². The Labute approximate surface area is 303 Å². The lowest BCUT2D eigenvalue weighted by Crippen LogP contribution is -2.64. The Hall–Kier alpha value is -4.84. The Morgan fingerprint density at radius 3 is 1.68 bits per heavy atom. The number of hydrogen-bond acceptors (Lipinski definition) is 18. The normalized spacial score (nSPS) is 27.0. The maximum absolute atomic E-state index is 13.1.